The normalized spacial score (nSPS) is 10.1. The summed E-state index contributed by atoms with van der Waals surface area (Å²) in [5, 5.41) is 5.49. The molecule has 0 bridgehead atoms. The van der Waals surface area contributed by atoms with Crippen molar-refractivity contribution in [2.24, 2.45) is 0 Å². The summed E-state index contributed by atoms with van der Waals surface area (Å²) in [4.78, 5) is 11.2. The number of amides is 2. The predicted octanol–water partition coefficient (Wildman–Crippen LogP) is 2.39. The van der Waals surface area contributed by atoms with Crippen molar-refractivity contribution < 1.29 is 9.18 Å². The maximum atomic E-state index is 13.0. The van der Waals surface area contributed by atoms with Crippen LogP contribution in [0.1, 0.15) is 24.5 Å². The summed E-state index contributed by atoms with van der Waals surface area (Å²) in [7, 11) is 0. The lowest BCUT2D eigenvalue weighted by atomic mass is 10.1. The molecule has 4 heteroatoms. The molecule has 0 spiro atoms. The van der Waals surface area contributed by atoms with Gasteiger partial charge < -0.3 is 10.6 Å². The molecule has 3 nitrogen and oxygen atoms in total. The van der Waals surface area contributed by atoms with Gasteiger partial charge in [-0.05, 0) is 37.0 Å². The van der Waals surface area contributed by atoms with Crippen molar-refractivity contribution in [1.82, 2.24) is 10.6 Å². The molecule has 0 aromatic heterocycles. The highest BCUT2D eigenvalue weighted by atomic mass is 19.1. The molecule has 0 saturated heterocycles. The van der Waals surface area contributed by atoms with Gasteiger partial charge >= 0.3 is 6.03 Å². The topological polar surface area (TPSA) is 41.1 Å². The monoisotopic (exact) mass is 238 g/mol. The molecule has 0 saturated carbocycles. The van der Waals surface area contributed by atoms with Gasteiger partial charge in [0.15, 0.2) is 0 Å². The van der Waals surface area contributed by atoms with E-state index in [4.69, 9.17) is 0 Å². The Morgan fingerprint density at radius 3 is 2.65 bits per heavy atom. The molecule has 0 aliphatic carbocycles. The first-order valence-corrected chi connectivity index (χ1v) is 5.90. The summed E-state index contributed by atoms with van der Waals surface area (Å²) >= 11 is 0. The molecule has 0 aliphatic rings. The summed E-state index contributed by atoms with van der Waals surface area (Å²) in [6.45, 7) is 4.98. The Bertz CT molecular complexity index is 380. The van der Waals surface area contributed by atoms with E-state index in [9.17, 15) is 9.18 Å². The molecule has 0 heterocycles. The van der Waals surface area contributed by atoms with E-state index in [0.717, 1.165) is 12.0 Å². The minimum Gasteiger partial charge on any atom is -0.338 e. The van der Waals surface area contributed by atoms with Gasteiger partial charge in [0.2, 0.25) is 0 Å². The van der Waals surface area contributed by atoms with Gasteiger partial charge in [0.25, 0.3) is 0 Å². The lowest BCUT2D eigenvalue weighted by Gasteiger charge is -2.07. The minimum absolute atomic E-state index is 0.148. The van der Waals surface area contributed by atoms with Gasteiger partial charge in [-0.25, -0.2) is 9.18 Å². The van der Waals surface area contributed by atoms with E-state index in [2.05, 4.69) is 10.6 Å². The second-order valence-electron chi connectivity index (χ2n) is 4.02. The number of hydrogen-bond acceptors (Lipinski definition) is 1. The zero-order chi connectivity index (χ0) is 12.7. The van der Waals surface area contributed by atoms with Gasteiger partial charge in [-0.1, -0.05) is 19.1 Å². The first-order valence-electron chi connectivity index (χ1n) is 5.90. The van der Waals surface area contributed by atoms with Crippen LogP contribution in [0.15, 0.2) is 18.2 Å². The summed E-state index contributed by atoms with van der Waals surface area (Å²) in [6, 6.07) is 4.86. The van der Waals surface area contributed by atoms with Crippen LogP contribution in [0.3, 0.4) is 0 Å². The smallest absolute Gasteiger partial charge is 0.314 e. The molecule has 0 radical (unpaired) electrons. The van der Waals surface area contributed by atoms with Crippen LogP contribution >= 0.6 is 0 Å². The van der Waals surface area contributed by atoms with Crippen LogP contribution in [0.2, 0.25) is 0 Å². The van der Waals surface area contributed by atoms with Gasteiger partial charge in [0, 0.05) is 13.1 Å². The fraction of sp³-hybridized carbons (Fsp3) is 0.462. The van der Waals surface area contributed by atoms with Crippen LogP contribution in [0.5, 0.6) is 0 Å². The molecule has 0 aliphatic heterocycles. The summed E-state index contributed by atoms with van der Waals surface area (Å²) < 4.78 is 13.0. The highest BCUT2D eigenvalue weighted by Crippen LogP contribution is 2.09. The van der Waals surface area contributed by atoms with E-state index in [1.54, 1.807) is 19.1 Å². The molecule has 0 atom stereocenters. The minimum atomic E-state index is -0.192. The Labute approximate surface area is 101 Å². The van der Waals surface area contributed by atoms with E-state index in [0.29, 0.717) is 25.1 Å². The van der Waals surface area contributed by atoms with Crippen molar-refractivity contribution in [3.63, 3.8) is 0 Å². The number of hydrogen-bond donors (Lipinski definition) is 2. The molecular formula is C13H19FN2O. The van der Waals surface area contributed by atoms with Crippen molar-refractivity contribution in [3.8, 4) is 0 Å². The average Bonchev–Trinajstić information content (AvgIpc) is 2.31. The fourth-order valence-electron chi connectivity index (χ4n) is 1.48. The zero-order valence-electron chi connectivity index (χ0n) is 10.3. The molecule has 2 amide bonds. The maximum Gasteiger partial charge on any atom is 0.314 e. The number of halogens is 1. The lowest BCUT2D eigenvalue weighted by Crippen LogP contribution is -2.36. The van der Waals surface area contributed by atoms with Crippen LogP contribution < -0.4 is 10.6 Å². The Morgan fingerprint density at radius 2 is 2.00 bits per heavy atom. The highest BCUT2D eigenvalue weighted by molar-refractivity contribution is 5.73. The molecule has 17 heavy (non-hydrogen) atoms. The Hall–Kier alpha value is -1.58. The quantitative estimate of drug-likeness (QED) is 0.812. The molecule has 1 aromatic carbocycles. The number of carbonyl (C=O) groups excluding carboxylic acids is 1. The standard InChI is InChI=1S/C13H19FN2O/c1-3-7-15-13(17)16-8-6-11-4-5-12(14)10(2)9-11/h4-5,9H,3,6-8H2,1-2H3,(H2,15,16,17). The van der Waals surface area contributed by atoms with E-state index < -0.39 is 0 Å². The van der Waals surface area contributed by atoms with E-state index in [-0.39, 0.29) is 11.8 Å². The number of rotatable bonds is 5. The Balaban J connectivity index is 2.30. The van der Waals surface area contributed by atoms with E-state index in [1.807, 2.05) is 6.92 Å². The van der Waals surface area contributed by atoms with Crippen LogP contribution in [-0.4, -0.2) is 19.1 Å². The zero-order valence-corrected chi connectivity index (χ0v) is 10.3. The third-order valence-electron chi connectivity index (χ3n) is 2.46. The fourth-order valence-corrected chi connectivity index (χ4v) is 1.48. The molecular weight excluding hydrogens is 219 g/mol. The number of carbonyl (C=O) groups is 1. The van der Waals surface area contributed by atoms with E-state index in [1.165, 1.54) is 6.07 Å². The molecule has 1 aromatic rings. The van der Waals surface area contributed by atoms with Crippen molar-refractivity contribution in [2.75, 3.05) is 13.1 Å². The van der Waals surface area contributed by atoms with Gasteiger partial charge in [-0.3, -0.25) is 0 Å². The molecule has 94 valence electrons. The molecule has 0 unspecified atom stereocenters. The van der Waals surface area contributed by atoms with Crippen LogP contribution in [-0.2, 0) is 6.42 Å². The first kappa shape index (κ1) is 13.5. The highest BCUT2D eigenvalue weighted by Gasteiger charge is 2.01. The van der Waals surface area contributed by atoms with Crippen molar-refractivity contribution in [2.45, 2.75) is 26.7 Å². The van der Waals surface area contributed by atoms with Gasteiger partial charge in [0.05, 0.1) is 0 Å². The van der Waals surface area contributed by atoms with Gasteiger partial charge in [-0.2, -0.15) is 0 Å². The summed E-state index contributed by atoms with van der Waals surface area (Å²) in [6.07, 6.45) is 1.63. The largest absolute Gasteiger partial charge is 0.338 e. The number of urea groups is 1. The van der Waals surface area contributed by atoms with Gasteiger partial charge in [-0.15, -0.1) is 0 Å². The van der Waals surface area contributed by atoms with E-state index >= 15 is 0 Å². The van der Waals surface area contributed by atoms with Crippen LogP contribution in [0, 0.1) is 12.7 Å². The Kier molecular flexibility index (Phi) is 5.46. The third kappa shape index (κ3) is 4.85. The second kappa shape index (κ2) is 6.89. The maximum absolute atomic E-state index is 13.0. The number of benzene rings is 1. The average molecular weight is 238 g/mol. The molecule has 2 N–H and O–H groups in total. The Morgan fingerprint density at radius 1 is 1.29 bits per heavy atom. The van der Waals surface area contributed by atoms with Crippen molar-refractivity contribution >= 4 is 6.03 Å². The lowest BCUT2D eigenvalue weighted by molar-refractivity contribution is 0.241. The van der Waals surface area contributed by atoms with Crippen LogP contribution in [0.25, 0.3) is 0 Å². The first-order chi connectivity index (χ1) is 8.13. The summed E-state index contributed by atoms with van der Waals surface area (Å²) in [5.41, 5.74) is 1.66. The summed E-state index contributed by atoms with van der Waals surface area (Å²) in [5.74, 6) is -0.192. The van der Waals surface area contributed by atoms with Crippen LogP contribution in [0.4, 0.5) is 9.18 Å². The van der Waals surface area contributed by atoms with Crippen molar-refractivity contribution in [1.29, 1.82) is 0 Å². The molecule has 0 fully saturated rings. The van der Waals surface area contributed by atoms with Crippen molar-refractivity contribution in [3.05, 3.63) is 35.1 Å². The number of aryl methyl sites for hydroxylation is 1. The SMILES string of the molecule is CCCNC(=O)NCCc1ccc(F)c(C)c1. The third-order valence-corrected chi connectivity index (χ3v) is 2.46. The molecule has 1 rings (SSSR count). The second-order valence-corrected chi connectivity index (χ2v) is 4.02. The van der Waals surface area contributed by atoms with Gasteiger partial charge in [0.1, 0.15) is 5.82 Å². The number of nitrogens with one attached hydrogen (secondary N) is 2. The predicted molar refractivity (Wildman–Crippen MR) is 66.5 cm³/mol.